The van der Waals surface area contributed by atoms with Crippen LogP contribution in [0.2, 0.25) is 5.02 Å². The van der Waals surface area contributed by atoms with Crippen molar-refractivity contribution in [2.75, 3.05) is 4.90 Å². The topological polar surface area (TPSA) is 66.8 Å². The highest BCUT2D eigenvalue weighted by atomic mass is 35.5. The van der Waals surface area contributed by atoms with E-state index in [2.05, 4.69) is 0 Å². The molecule has 0 radical (unpaired) electrons. The van der Waals surface area contributed by atoms with Crippen molar-refractivity contribution >= 4 is 34.7 Å². The summed E-state index contributed by atoms with van der Waals surface area (Å²) >= 11 is 6.02. The van der Waals surface area contributed by atoms with E-state index in [0.29, 0.717) is 27.6 Å². The molecule has 0 bridgehead atoms. The van der Waals surface area contributed by atoms with Gasteiger partial charge in [-0.2, -0.15) is 0 Å². The number of halogens is 1. The molecule has 33 heavy (non-hydrogen) atoms. The van der Waals surface area contributed by atoms with Crippen LogP contribution >= 0.6 is 11.6 Å². The molecule has 4 rings (SSSR count). The molecular weight excluding hydrogens is 438 g/mol. The van der Waals surface area contributed by atoms with Crippen LogP contribution in [-0.4, -0.2) is 22.9 Å². The summed E-state index contributed by atoms with van der Waals surface area (Å²) < 4.78 is 5.78. The van der Waals surface area contributed by atoms with E-state index in [1.54, 1.807) is 42.5 Å². The van der Waals surface area contributed by atoms with Crippen molar-refractivity contribution < 1.29 is 19.4 Å². The molecule has 1 aliphatic heterocycles. The molecule has 168 valence electrons. The van der Waals surface area contributed by atoms with Crippen molar-refractivity contribution in [1.29, 1.82) is 0 Å². The Balaban J connectivity index is 1.87. The fourth-order valence-corrected chi connectivity index (χ4v) is 4.12. The molecule has 3 aromatic rings. The number of nitrogens with zero attached hydrogens (tertiary/aromatic N) is 1. The van der Waals surface area contributed by atoms with E-state index in [4.69, 9.17) is 16.3 Å². The molecule has 1 fully saturated rings. The largest absolute Gasteiger partial charge is 0.507 e. The highest BCUT2D eigenvalue weighted by Crippen LogP contribution is 2.42. The number of benzene rings is 3. The fraction of sp³-hybridized carbons (Fsp3) is 0.185. The number of amides is 1. The first-order chi connectivity index (χ1) is 15.8. The van der Waals surface area contributed by atoms with Crippen molar-refractivity contribution in [2.24, 2.45) is 0 Å². The third-order valence-electron chi connectivity index (χ3n) is 5.48. The molecule has 1 heterocycles. The molecule has 0 aromatic heterocycles. The predicted molar refractivity (Wildman–Crippen MR) is 130 cm³/mol. The molecule has 0 spiro atoms. The number of aliphatic hydroxyl groups excluding tert-OH is 1. The van der Waals surface area contributed by atoms with Gasteiger partial charge in [0.2, 0.25) is 0 Å². The minimum absolute atomic E-state index is 0.00549. The number of aryl methyl sites for hydroxylation is 1. The van der Waals surface area contributed by atoms with E-state index in [1.807, 2.05) is 51.1 Å². The van der Waals surface area contributed by atoms with Crippen molar-refractivity contribution in [3.63, 3.8) is 0 Å². The SMILES string of the molecule is Cc1cc(/C(O)=C2/C(=O)C(=O)N(c3ccc(Cl)cc3)C2c2ccccc2)ccc1OC(C)C. The molecule has 0 saturated carbocycles. The average Bonchev–Trinajstić information content (AvgIpc) is 3.06. The van der Waals surface area contributed by atoms with Gasteiger partial charge in [-0.05, 0) is 74.4 Å². The summed E-state index contributed by atoms with van der Waals surface area (Å²) in [5.74, 6) is -0.971. The summed E-state index contributed by atoms with van der Waals surface area (Å²) in [6, 6.07) is 20.3. The smallest absolute Gasteiger partial charge is 0.300 e. The lowest BCUT2D eigenvalue weighted by Crippen LogP contribution is -2.29. The van der Waals surface area contributed by atoms with E-state index in [0.717, 1.165) is 5.56 Å². The molecule has 1 saturated heterocycles. The lowest BCUT2D eigenvalue weighted by atomic mass is 9.94. The molecule has 3 aromatic carbocycles. The summed E-state index contributed by atoms with van der Waals surface area (Å²) in [6.45, 7) is 5.74. The molecule has 1 atom stereocenters. The van der Waals surface area contributed by atoms with Crippen molar-refractivity contribution in [2.45, 2.75) is 32.9 Å². The Kier molecular flexibility index (Phi) is 6.25. The standard InChI is InChI=1S/C27H24ClNO4/c1-16(2)33-22-14-9-19(15-17(22)3)25(30)23-24(18-7-5-4-6-8-18)29(27(32)26(23)31)21-12-10-20(28)11-13-21/h4-16,24,30H,1-3H3/b25-23-. The summed E-state index contributed by atoms with van der Waals surface area (Å²) in [6.07, 6.45) is 0.00549. The van der Waals surface area contributed by atoms with Crippen LogP contribution in [-0.2, 0) is 9.59 Å². The minimum Gasteiger partial charge on any atom is -0.507 e. The zero-order chi connectivity index (χ0) is 23.7. The lowest BCUT2D eigenvalue weighted by Gasteiger charge is -2.25. The molecule has 1 aliphatic rings. The number of hydrogen-bond acceptors (Lipinski definition) is 4. The van der Waals surface area contributed by atoms with Gasteiger partial charge in [0.15, 0.2) is 0 Å². The van der Waals surface area contributed by atoms with Gasteiger partial charge in [-0.15, -0.1) is 0 Å². The molecule has 0 aliphatic carbocycles. The molecule has 1 amide bonds. The Morgan fingerprint density at radius 2 is 1.67 bits per heavy atom. The summed E-state index contributed by atoms with van der Waals surface area (Å²) in [7, 11) is 0. The van der Waals surface area contributed by atoms with Crippen molar-refractivity contribution in [3.8, 4) is 5.75 Å². The fourth-order valence-electron chi connectivity index (χ4n) is 3.99. The predicted octanol–water partition coefficient (Wildman–Crippen LogP) is 6.06. The van der Waals surface area contributed by atoms with Crippen LogP contribution in [0.1, 0.15) is 36.6 Å². The van der Waals surface area contributed by atoms with Crippen LogP contribution in [0.4, 0.5) is 5.69 Å². The summed E-state index contributed by atoms with van der Waals surface area (Å²) in [5.41, 5.74) is 2.53. The number of ketones is 1. The van der Waals surface area contributed by atoms with Crippen LogP contribution in [0.25, 0.3) is 5.76 Å². The van der Waals surface area contributed by atoms with Gasteiger partial charge in [0.05, 0.1) is 17.7 Å². The molecule has 1 unspecified atom stereocenters. The van der Waals surface area contributed by atoms with Crippen LogP contribution in [0, 0.1) is 6.92 Å². The number of ether oxygens (including phenoxy) is 1. The lowest BCUT2D eigenvalue weighted by molar-refractivity contribution is -0.132. The molecule has 5 nitrogen and oxygen atoms in total. The highest BCUT2D eigenvalue weighted by molar-refractivity contribution is 6.51. The van der Waals surface area contributed by atoms with Crippen molar-refractivity contribution in [1.82, 2.24) is 0 Å². The third-order valence-corrected chi connectivity index (χ3v) is 5.73. The number of rotatable bonds is 5. The summed E-state index contributed by atoms with van der Waals surface area (Å²) in [5, 5.41) is 11.8. The second-order valence-electron chi connectivity index (χ2n) is 8.20. The Bertz CT molecular complexity index is 1230. The van der Waals surface area contributed by atoms with Crippen LogP contribution < -0.4 is 9.64 Å². The molecule has 6 heteroatoms. The van der Waals surface area contributed by atoms with Crippen LogP contribution in [0.5, 0.6) is 5.75 Å². The first-order valence-electron chi connectivity index (χ1n) is 10.7. The normalized spacial score (nSPS) is 17.6. The highest BCUT2D eigenvalue weighted by Gasteiger charge is 2.46. The zero-order valence-corrected chi connectivity index (χ0v) is 19.3. The van der Waals surface area contributed by atoms with Crippen molar-refractivity contribution in [3.05, 3.63) is 100 Å². The van der Waals surface area contributed by atoms with Gasteiger partial charge < -0.3 is 9.84 Å². The van der Waals surface area contributed by atoms with E-state index in [-0.39, 0.29) is 17.4 Å². The maximum atomic E-state index is 13.2. The second-order valence-corrected chi connectivity index (χ2v) is 8.64. The number of carbonyl (C=O) groups excluding carboxylic acids is 2. The number of Topliss-reactive ketones (excluding diaryl/α,β-unsaturated/α-hetero) is 1. The van der Waals surface area contributed by atoms with Crippen LogP contribution in [0.3, 0.4) is 0 Å². The first kappa shape index (κ1) is 22.6. The monoisotopic (exact) mass is 461 g/mol. The van der Waals surface area contributed by atoms with E-state index in [9.17, 15) is 14.7 Å². The van der Waals surface area contributed by atoms with Gasteiger partial charge in [-0.25, -0.2) is 0 Å². The zero-order valence-electron chi connectivity index (χ0n) is 18.6. The summed E-state index contributed by atoms with van der Waals surface area (Å²) in [4.78, 5) is 27.7. The minimum atomic E-state index is -0.778. The number of carbonyl (C=O) groups is 2. The Morgan fingerprint density at radius 1 is 1.00 bits per heavy atom. The van der Waals surface area contributed by atoms with Gasteiger partial charge >= 0.3 is 0 Å². The van der Waals surface area contributed by atoms with Gasteiger partial charge in [0.25, 0.3) is 11.7 Å². The maximum Gasteiger partial charge on any atom is 0.300 e. The number of anilines is 1. The Hall–Kier alpha value is -3.57. The Labute approximate surface area is 197 Å². The molecule has 1 N–H and O–H groups in total. The van der Waals surface area contributed by atoms with Gasteiger partial charge in [-0.1, -0.05) is 41.9 Å². The second kappa shape index (κ2) is 9.12. The maximum absolute atomic E-state index is 13.2. The Morgan fingerprint density at radius 3 is 2.27 bits per heavy atom. The number of aliphatic hydroxyl groups is 1. The quantitative estimate of drug-likeness (QED) is 0.285. The first-order valence-corrected chi connectivity index (χ1v) is 11.0. The molecular formula is C27H24ClNO4. The van der Waals surface area contributed by atoms with E-state index >= 15 is 0 Å². The van der Waals surface area contributed by atoms with Gasteiger partial charge in [0.1, 0.15) is 11.5 Å². The van der Waals surface area contributed by atoms with Gasteiger partial charge in [0, 0.05) is 16.3 Å². The van der Waals surface area contributed by atoms with Crippen LogP contribution in [0.15, 0.2) is 78.4 Å². The van der Waals surface area contributed by atoms with E-state index in [1.165, 1.54) is 4.90 Å². The number of hydrogen-bond donors (Lipinski definition) is 1. The average molecular weight is 462 g/mol. The van der Waals surface area contributed by atoms with Gasteiger partial charge in [-0.3, -0.25) is 14.5 Å². The van der Waals surface area contributed by atoms with E-state index < -0.39 is 17.7 Å². The third kappa shape index (κ3) is 4.37.